The van der Waals surface area contributed by atoms with E-state index in [4.69, 9.17) is 11.0 Å². The zero-order valence-corrected chi connectivity index (χ0v) is 7.82. The van der Waals surface area contributed by atoms with E-state index in [1.165, 1.54) is 6.08 Å². The highest BCUT2D eigenvalue weighted by Crippen LogP contribution is 2.12. The van der Waals surface area contributed by atoms with Crippen molar-refractivity contribution in [2.24, 2.45) is 5.73 Å². The number of benzene rings is 1. The van der Waals surface area contributed by atoms with Gasteiger partial charge in [0, 0.05) is 6.08 Å². The number of amides is 1. The Kier molecular flexibility index (Phi) is 3.03. The number of rotatable bonds is 2. The Bertz CT molecular complexity index is 427. The molecule has 0 saturated heterocycles. The summed E-state index contributed by atoms with van der Waals surface area (Å²) in [5.74, 6) is -0.494. The third kappa shape index (κ3) is 2.46. The fraction of sp³-hybridized carbons (Fsp3) is 0.0909. The Hall–Kier alpha value is -2.08. The van der Waals surface area contributed by atoms with Gasteiger partial charge in [-0.05, 0) is 36.3 Å². The summed E-state index contributed by atoms with van der Waals surface area (Å²) >= 11 is 0. The average molecular weight is 186 g/mol. The predicted octanol–water partition coefficient (Wildman–Crippen LogP) is 1.37. The van der Waals surface area contributed by atoms with Gasteiger partial charge in [0.2, 0.25) is 5.91 Å². The van der Waals surface area contributed by atoms with E-state index in [2.05, 4.69) is 0 Å². The van der Waals surface area contributed by atoms with Crippen LogP contribution in [0.2, 0.25) is 0 Å². The van der Waals surface area contributed by atoms with Crippen molar-refractivity contribution in [1.82, 2.24) is 0 Å². The van der Waals surface area contributed by atoms with E-state index in [9.17, 15) is 4.79 Å². The van der Waals surface area contributed by atoms with Gasteiger partial charge in [-0.3, -0.25) is 4.79 Å². The molecule has 0 unspecified atom stereocenters. The first-order chi connectivity index (χ1) is 6.63. The molecule has 2 N–H and O–H groups in total. The van der Waals surface area contributed by atoms with E-state index in [1.54, 1.807) is 18.2 Å². The first-order valence-electron chi connectivity index (χ1n) is 4.12. The maximum absolute atomic E-state index is 10.5. The normalized spacial score (nSPS) is 10.0. The van der Waals surface area contributed by atoms with E-state index < -0.39 is 5.91 Å². The van der Waals surface area contributed by atoms with Crippen LogP contribution in [-0.4, -0.2) is 5.91 Å². The van der Waals surface area contributed by atoms with E-state index in [0.29, 0.717) is 5.56 Å². The Morgan fingerprint density at radius 3 is 2.86 bits per heavy atom. The van der Waals surface area contributed by atoms with Gasteiger partial charge < -0.3 is 5.73 Å². The molecule has 1 rings (SSSR count). The molecule has 0 atom stereocenters. The third-order valence-corrected chi connectivity index (χ3v) is 1.84. The number of carbonyl (C=O) groups excluding carboxylic acids is 1. The van der Waals surface area contributed by atoms with Gasteiger partial charge in [-0.25, -0.2) is 0 Å². The highest BCUT2D eigenvalue weighted by Gasteiger charge is 1.96. The molecule has 0 aliphatic heterocycles. The van der Waals surface area contributed by atoms with Crippen LogP contribution in [0.4, 0.5) is 0 Å². The lowest BCUT2D eigenvalue weighted by atomic mass is 10.1. The van der Waals surface area contributed by atoms with Gasteiger partial charge in [0.25, 0.3) is 0 Å². The summed E-state index contributed by atoms with van der Waals surface area (Å²) < 4.78 is 0. The highest BCUT2D eigenvalue weighted by atomic mass is 16.1. The largest absolute Gasteiger partial charge is 0.366 e. The minimum atomic E-state index is -0.494. The fourth-order valence-corrected chi connectivity index (χ4v) is 1.06. The SMILES string of the molecule is Cc1ccc(C#N)cc1C=CC(N)=O. The van der Waals surface area contributed by atoms with Gasteiger partial charge in [0.1, 0.15) is 0 Å². The lowest BCUT2D eigenvalue weighted by molar-refractivity contribution is -0.113. The first-order valence-corrected chi connectivity index (χ1v) is 4.12. The average Bonchev–Trinajstić information content (AvgIpc) is 2.16. The molecule has 0 saturated carbocycles. The smallest absolute Gasteiger partial charge is 0.241 e. The molecule has 70 valence electrons. The van der Waals surface area contributed by atoms with Crippen molar-refractivity contribution in [2.45, 2.75) is 6.92 Å². The van der Waals surface area contributed by atoms with Gasteiger partial charge in [-0.1, -0.05) is 6.07 Å². The summed E-state index contributed by atoms with van der Waals surface area (Å²) in [6.07, 6.45) is 2.89. The second kappa shape index (κ2) is 4.24. The molecule has 0 radical (unpaired) electrons. The number of hydrogen-bond donors (Lipinski definition) is 1. The lowest BCUT2D eigenvalue weighted by Crippen LogP contribution is -2.05. The van der Waals surface area contributed by atoms with Gasteiger partial charge in [-0.2, -0.15) is 5.26 Å². The van der Waals surface area contributed by atoms with E-state index in [0.717, 1.165) is 11.1 Å². The molecule has 0 aliphatic carbocycles. The minimum absolute atomic E-state index is 0.494. The summed E-state index contributed by atoms with van der Waals surface area (Å²) in [5.41, 5.74) is 7.38. The number of primary amides is 1. The van der Waals surface area contributed by atoms with Crippen LogP contribution in [0.3, 0.4) is 0 Å². The number of aryl methyl sites for hydroxylation is 1. The van der Waals surface area contributed by atoms with Crippen LogP contribution in [-0.2, 0) is 4.79 Å². The molecule has 1 aromatic carbocycles. The lowest BCUT2D eigenvalue weighted by Gasteiger charge is -1.99. The fourth-order valence-electron chi connectivity index (χ4n) is 1.06. The monoisotopic (exact) mass is 186 g/mol. The number of nitriles is 1. The molecule has 0 heterocycles. The Balaban J connectivity index is 3.08. The van der Waals surface area contributed by atoms with Crippen molar-refractivity contribution in [3.8, 4) is 6.07 Å². The maximum atomic E-state index is 10.5. The van der Waals surface area contributed by atoms with Crippen molar-refractivity contribution in [2.75, 3.05) is 0 Å². The van der Waals surface area contributed by atoms with Crippen LogP contribution >= 0.6 is 0 Å². The molecule has 14 heavy (non-hydrogen) atoms. The van der Waals surface area contributed by atoms with E-state index in [-0.39, 0.29) is 0 Å². The highest BCUT2D eigenvalue weighted by molar-refractivity contribution is 5.90. The number of nitrogens with two attached hydrogens (primary N) is 1. The zero-order chi connectivity index (χ0) is 10.6. The molecular weight excluding hydrogens is 176 g/mol. The molecule has 0 bridgehead atoms. The maximum Gasteiger partial charge on any atom is 0.241 e. The predicted molar refractivity (Wildman–Crippen MR) is 54.1 cm³/mol. The van der Waals surface area contributed by atoms with Crippen LogP contribution in [0.15, 0.2) is 24.3 Å². The van der Waals surface area contributed by atoms with Crippen molar-refractivity contribution >= 4 is 12.0 Å². The quantitative estimate of drug-likeness (QED) is 0.708. The molecule has 3 heteroatoms. The van der Waals surface area contributed by atoms with Crippen molar-refractivity contribution < 1.29 is 4.79 Å². The summed E-state index contributed by atoms with van der Waals surface area (Å²) in [4.78, 5) is 10.5. The summed E-state index contributed by atoms with van der Waals surface area (Å²) in [6, 6.07) is 7.31. The van der Waals surface area contributed by atoms with E-state index in [1.807, 2.05) is 19.1 Å². The van der Waals surface area contributed by atoms with Gasteiger partial charge in [-0.15, -0.1) is 0 Å². The second-order valence-corrected chi connectivity index (χ2v) is 2.92. The van der Waals surface area contributed by atoms with Gasteiger partial charge in [0.05, 0.1) is 11.6 Å². The van der Waals surface area contributed by atoms with Crippen LogP contribution < -0.4 is 5.73 Å². The molecule has 0 aromatic heterocycles. The summed E-state index contributed by atoms with van der Waals surface area (Å²) in [7, 11) is 0. The Morgan fingerprint density at radius 2 is 2.29 bits per heavy atom. The number of carbonyl (C=O) groups is 1. The number of nitrogens with zero attached hydrogens (tertiary/aromatic N) is 1. The van der Waals surface area contributed by atoms with Crippen molar-refractivity contribution in [3.05, 3.63) is 41.0 Å². The molecule has 1 amide bonds. The summed E-state index contributed by atoms with van der Waals surface area (Å²) in [5, 5.41) is 8.66. The van der Waals surface area contributed by atoms with Gasteiger partial charge >= 0.3 is 0 Å². The topological polar surface area (TPSA) is 66.9 Å². The number of hydrogen-bond acceptors (Lipinski definition) is 2. The molecule has 0 aliphatic rings. The Labute approximate surface area is 82.5 Å². The van der Waals surface area contributed by atoms with Crippen LogP contribution in [0.1, 0.15) is 16.7 Å². The Morgan fingerprint density at radius 1 is 1.57 bits per heavy atom. The first kappa shape index (κ1) is 10.0. The molecule has 0 spiro atoms. The molecule has 0 fully saturated rings. The van der Waals surface area contributed by atoms with Crippen molar-refractivity contribution in [3.63, 3.8) is 0 Å². The molecule has 3 nitrogen and oxygen atoms in total. The zero-order valence-electron chi connectivity index (χ0n) is 7.82. The molecular formula is C11H10N2O. The summed E-state index contributed by atoms with van der Waals surface area (Å²) in [6.45, 7) is 1.90. The van der Waals surface area contributed by atoms with Crippen LogP contribution in [0, 0.1) is 18.3 Å². The van der Waals surface area contributed by atoms with Crippen molar-refractivity contribution in [1.29, 1.82) is 5.26 Å². The van der Waals surface area contributed by atoms with Crippen LogP contribution in [0.5, 0.6) is 0 Å². The van der Waals surface area contributed by atoms with E-state index >= 15 is 0 Å². The second-order valence-electron chi connectivity index (χ2n) is 2.92. The van der Waals surface area contributed by atoms with Gasteiger partial charge in [0.15, 0.2) is 0 Å². The molecule has 1 aromatic rings. The standard InChI is InChI=1S/C11H10N2O/c1-8-2-3-9(7-12)6-10(8)4-5-11(13)14/h2-6H,1H3,(H2,13,14). The van der Waals surface area contributed by atoms with Crippen LogP contribution in [0.25, 0.3) is 6.08 Å². The minimum Gasteiger partial charge on any atom is -0.366 e. The third-order valence-electron chi connectivity index (χ3n) is 1.84.